The number of amides is 1. The molecule has 0 spiro atoms. The van der Waals surface area contributed by atoms with Gasteiger partial charge in [0, 0.05) is 16.4 Å². The molecular weight excluding hydrogens is 255 g/mol. The quantitative estimate of drug-likeness (QED) is 0.818. The van der Waals surface area contributed by atoms with Gasteiger partial charge in [-0.05, 0) is 42.5 Å². The van der Waals surface area contributed by atoms with Gasteiger partial charge < -0.3 is 11.1 Å². The summed E-state index contributed by atoms with van der Waals surface area (Å²) in [5, 5.41) is 2.81. The molecule has 0 saturated heterocycles. The molecule has 2 aromatic rings. The lowest BCUT2D eigenvalue weighted by molar-refractivity contribution is 0.102. The Kier molecular flexibility index (Phi) is 3.48. The minimum atomic E-state index is -0.657. The zero-order valence-corrected chi connectivity index (χ0v) is 10.0. The van der Waals surface area contributed by atoms with Crippen LogP contribution in [-0.4, -0.2) is 5.91 Å². The lowest BCUT2D eigenvalue weighted by atomic mass is 10.2. The smallest absolute Gasteiger partial charge is 0.258 e. The lowest BCUT2D eigenvalue weighted by Crippen LogP contribution is -2.13. The Morgan fingerprint density at radius 1 is 1.17 bits per heavy atom. The minimum absolute atomic E-state index is 0.0591. The summed E-state index contributed by atoms with van der Waals surface area (Å²) in [6, 6.07) is 10.5. The van der Waals surface area contributed by atoms with Crippen LogP contribution < -0.4 is 11.1 Å². The number of anilines is 2. The zero-order chi connectivity index (χ0) is 13.1. The molecule has 0 atom stereocenters. The summed E-state index contributed by atoms with van der Waals surface area (Å²) in [5.74, 6) is -1.19. The number of benzene rings is 2. The summed E-state index contributed by atoms with van der Waals surface area (Å²) < 4.78 is 13.5. The topological polar surface area (TPSA) is 55.1 Å². The Hall–Kier alpha value is -2.07. The van der Waals surface area contributed by atoms with E-state index in [4.69, 9.17) is 17.3 Å². The second-order valence-electron chi connectivity index (χ2n) is 3.70. The third-order valence-corrected chi connectivity index (χ3v) is 2.58. The Morgan fingerprint density at radius 2 is 1.83 bits per heavy atom. The largest absolute Gasteiger partial charge is 0.399 e. The Balaban J connectivity index is 2.19. The third kappa shape index (κ3) is 2.78. The predicted octanol–water partition coefficient (Wildman–Crippen LogP) is 3.31. The van der Waals surface area contributed by atoms with Crippen LogP contribution in [0.25, 0.3) is 0 Å². The Morgan fingerprint density at radius 3 is 2.44 bits per heavy atom. The fourth-order valence-electron chi connectivity index (χ4n) is 1.44. The van der Waals surface area contributed by atoms with Crippen LogP contribution in [0.2, 0.25) is 5.02 Å². The molecule has 0 radical (unpaired) electrons. The van der Waals surface area contributed by atoms with Gasteiger partial charge in [0.05, 0.1) is 5.56 Å². The SMILES string of the molecule is Nc1ccc(NC(=O)c2ccc(Cl)cc2F)cc1. The van der Waals surface area contributed by atoms with E-state index in [1.54, 1.807) is 24.3 Å². The average Bonchev–Trinajstić information content (AvgIpc) is 2.32. The summed E-state index contributed by atoms with van der Waals surface area (Å²) in [6.45, 7) is 0. The van der Waals surface area contributed by atoms with Crippen LogP contribution >= 0.6 is 11.6 Å². The highest BCUT2D eigenvalue weighted by Crippen LogP contribution is 2.17. The van der Waals surface area contributed by atoms with E-state index in [9.17, 15) is 9.18 Å². The number of rotatable bonds is 2. The molecule has 5 heteroatoms. The molecule has 0 fully saturated rings. The fraction of sp³-hybridized carbons (Fsp3) is 0. The van der Waals surface area contributed by atoms with Crippen molar-refractivity contribution in [3.05, 3.63) is 58.9 Å². The van der Waals surface area contributed by atoms with E-state index >= 15 is 0 Å². The third-order valence-electron chi connectivity index (χ3n) is 2.34. The molecule has 2 rings (SSSR count). The number of nitrogen functional groups attached to an aromatic ring is 1. The number of halogens is 2. The van der Waals surface area contributed by atoms with Crippen molar-refractivity contribution in [2.45, 2.75) is 0 Å². The van der Waals surface area contributed by atoms with E-state index in [2.05, 4.69) is 5.32 Å². The standard InChI is InChI=1S/C13H10ClFN2O/c14-8-1-6-11(12(15)7-8)13(18)17-10-4-2-9(16)3-5-10/h1-7H,16H2,(H,17,18). The molecule has 0 aliphatic carbocycles. The molecule has 1 amide bonds. The van der Waals surface area contributed by atoms with E-state index in [1.165, 1.54) is 12.1 Å². The summed E-state index contributed by atoms with van der Waals surface area (Å²) >= 11 is 5.61. The van der Waals surface area contributed by atoms with Crippen molar-refractivity contribution in [3.8, 4) is 0 Å². The first-order chi connectivity index (χ1) is 8.56. The van der Waals surface area contributed by atoms with Crippen LogP contribution in [0.15, 0.2) is 42.5 Å². The number of hydrogen-bond acceptors (Lipinski definition) is 2. The van der Waals surface area contributed by atoms with Gasteiger partial charge in [-0.1, -0.05) is 11.6 Å². The summed E-state index contributed by atoms with van der Waals surface area (Å²) in [6.07, 6.45) is 0. The van der Waals surface area contributed by atoms with E-state index in [-0.39, 0.29) is 10.6 Å². The van der Waals surface area contributed by atoms with Crippen LogP contribution in [0.1, 0.15) is 10.4 Å². The van der Waals surface area contributed by atoms with Crippen molar-refractivity contribution in [3.63, 3.8) is 0 Å². The molecule has 2 aromatic carbocycles. The number of carbonyl (C=O) groups is 1. The second-order valence-corrected chi connectivity index (χ2v) is 4.14. The molecule has 3 nitrogen and oxygen atoms in total. The maximum Gasteiger partial charge on any atom is 0.258 e. The summed E-state index contributed by atoms with van der Waals surface area (Å²) in [5.41, 5.74) is 6.60. The molecule has 92 valence electrons. The number of nitrogens with two attached hydrogens (primary N) is 1. The highest BCUT2D eigenvalue weighted by atomic mass is 35.5. The highest BCUT2D eigenvalue weighted by Gasteiger charge is 2.11. The molecule has 3 N–H and O–H groups in total. The van der Waals surface area contributed by atoms with Crippen LogP contribution in [0.3, 0.4) is 0 Å². The number of nitrogens with one attached hydrogen (secondary N) is 1. The zero-order valence-electron chi connectivity index (χ0n) is 9.28. The normalized spacial score (nSPS) is 10.1. The molecule has 0 aliphatic rings. The Bertz CT molecular complexity index is 584. The molecule has 18 heavy (non-hydrogen) atoms. The molecular formula is C13H10ClFN2O. The highest BCUT2D eigenvalue weighted by molar-refractivity contribution is 6.30. The van der Waals surface area contributed by atoms with Gasteiger partial charge in [0.25, 0.3) is 5.91 Å². The van der Waals surface area contributed by atoms with Gasteiger partial charge >= 0.3 is 0 Å². The first-order valence-corrected chi connectivity index (χ1v) is 5.56. The molecule has 0 aliphatic heterocycles. The van der Waals surface area contributed by atoms with Crippen molar-refractivity contribution in [2.24, 2.45) is 0 Å². The van der Waals surface area contributed by atoms with E-state index < -0.39 is 11.7 Å². The number of carbonyl (C=O) groups excluding carboxylic acids is 1. The van der Waals surface area contributed by atoms with Crippen LogP contribution in [0.5, 0.6) is 0 Å². The average molecular weight is 265 g/mol. The van der Waals surface area contributed by atoms with Gasteiger partial charge in [-0.2, -0.15) is 0 Å². The summed E-state index contributed by atoms with van der Waals surface area (Å²) in [7, 11) is 0. The van der Waals surface area contributed by atoms with Gasteiger partial charge in [0.2, 0.25) is 0 Å². The molecule has 0 unspecified atom stereocenters. The first kappa shape index (κ1) is 12.4. The summed E-state index contributed by atoms with van der Waals surface area (Å²) in [4.78, 5) is 11.8. The van der Waals surface area contributed by atoms with Crippen molar-refractivity contribution < 1.29 is 9.18 Å². The van der Waals surface area contributed by atoms with Gasteiger partial charge in [-0.15, -0.1) is 0 Å². The maximum absolute atomic E-state index is 13.5. The van der Waals surface area contributed by atoms with Crippen molar-refractivity contribution >= 4 is 28.9 Å². The van der Waals surface area contributed by atoms with Gasteiger partial charge in [-0.25, -0.2) is 4.39 Å². The Labute approximate surface area is 108 Å². The van der Waals surface area contributed by atoms with E-state index in [1.807, 2.05) is 0 Å². The van der Waals surface area contributed by atoms with Crippen molar-refractivity contribution in [1.29, 1.82) is 0 Å². The lowest BCUT2D eigenvalue weighted by Gasteiger charge is -2.06. The van der Waals surface area contributed by atoms with Crippen molar-refractivity contribution in [2.75, 3.05) is 11.1 Å². The van der Waals surface area contributed by atoms with Crippen molar-refractivity contribution in [1.82, 2.24) is 0 Å². The molecule has 0 saturated carbocycles. The molecule has 0 heterocycles. The van der Waals surface area contributed by atoms with Gasteiger partial charge in [-0.3, -0.25) is 4.79 Å². The van der Waals surface area contributed by atoms with Crippen LogP contribution in [0, 0.1) is 5.82 Å². The first-order valence-electron chi connectivity index (χ1n) is 5.18. The monoisotopic (exact) mass is 264 g/mol. The van der Waals surface area contributed by atoms with Crippen LogP contribution in [0.4, 0.5) is 15.8 Å². The van der Waals surface area contributed by atoms with E-state index in [0.717, 1.165) is 6.07 Å². The van der Waals surface area contributed by atoms with Crippen LogP contribution in [-0.2, 0) is 0 Å². The molecule has 0 bridgehead atoms. The second kappa shape index (κ2) is 5.06. The van der Waals surface area contributed by atoms with Gasteiger partial charge in [0.15, 0.2) is 0 Å². The number of hydrogen-bond donors (Lipinski definition) is 2. The van der Waals surface area contributed by atoms with E-state index in [0.29, 0.717) is 11.4 Å². The minimum Gasteiger partial charge on any atom is -0.399 e. The maximum atomic E-state index is 13.5. The van der Waals surface area contributed by atoms with Gasteiger partial charge in [0.1, 0.15) is 5.82 Å². The fourth-order valence-corrected chi connectivity index (χ4v) is 1.60. The predicted molar refractivity (Wildman–Crippen MR) is 70.2 cm³/mol. The molecule has 0 aromatic heterocycles.